The summed E-state index contributed by atoms with van der Waals surface area (Å²) in [6.45, 7) is 1.23. The largest absolute Gasteiger partial charge is 0.493 e. The smallest absolute Gasteiger partial charge is 0.270 e. The first kappa shape index (κ1) is 21.5. The van der Waals surface area contributed by atoms with E-state index in [1.54, 1.807) is 17.5 Å². The van der Waals surface area contributed by atoms with Crippen LogP contribution in [0.25, 0.3) is 0 Å². The second-order valence-corrected chi connectivity index (χ2v) is 6.82. The van der Waals surface area contributed by atoms with Gasteiger partial charge in [0, 0.05) is 24.0 Å². The number of nitrogens with one attached hydrogen (secondary N) is 2. The molecule has 0 fully saturated rings. The molecule has 2 N–H and O–H groups in total. The molecule has 1 aromatic carbocycles. The zero-order chi connectivity index (χ0) is 20.7. The van der Waals surface area contributed by atoms with Crippen molar-refractivity contribution in [1.29, 1.82) is 0 Å². The van der Waals surface area contributed by atoms with Gasteiger partial charge in [-0.1, -0.05) is 0 Å². The number of ether oxygens (including phenoxy) is 3. The quantitative estimate of drug-likeness (QED) is 0.651. The molecule has 1 aromatic heterocycles. The van der Waals surface area contributed by atoms with Crippen molar-refractivity contribution >= 4 is 28.3 Å². The maximum atomic E-state index is 12.6. The number of rotatable bonds is 9. The van der Waals surface area contributed by atoms with Crippen LogP contribution in [0.2, 0.25) is 0 Å². The van der Waals surface area contributed by atoms with Crippen molar-refractivity contribution in [1.82, 2.24) is 15.2 Å². The number of carbonyl (C=O) groups is 2. The normalized spacial score (nSPS) is 10.5. The Balaban J connectivity index is 2.09. The third kappa shape index (κ3) is 5.33. The van der Waals surface area contributed by atoms with Crippen molar-refractivity contribution in [2.75, 3.05) is 53.8 Å². The number of carbonyl (C=O) groups excluding carboxylic acids is 2. The maximum Gasteiger partial charge on any atom is 0.270 e. The molecule has 0 bridgehead atoms. The van der Waals surface area contributed by atoms with Crippen molar-refractivity contribution in [3.05, 3.63) is 28.8 Å². The number of likely N-dealkylation sites (N-methyl/N-ethyl adjacent to an activating group) is 1. The molecular weight excluding hydrogens is 384 g/mol. The highest BCUT2D eigenvalue weighted by Crippen LogP contribution is 2.38. The van der Waals surface area contributed by atoms with Crippen LogP contribution >= 0.6 is 11.3 Å². The number of methoxy groups -OCH3 is 3. The number of benzene rings is 1. The topological polar surface area (TPSA) is 102 Å². The average Bonchev–Trinajstić information content (AvgIpc) is 3.14. The fourth-order valence-corrected chi connectivity index (χ4v) is 2.99. The molecule has 0 saturated heterocycles. The van der Waals surface area contributed by atoms with E-state index in [2.05, 4.69) is 15.6 Å². The van der Waals surface area contributed by atoms with Gasteiger partial charge in [-0.25, -0.2) is 4.98 Å². The molecular formula is C18H24N4O5S. The highest BCUT2D eigenvalue weighted by molar-refractivity contribution is 7.14. The van der Waals surface area contributed by atoms with Crippen LogP contribution in [0.15, 0.2) is 17.5 Å². The molecule has 2 amide bonds. The molecule has 152 valence electrons. The van der Waals surface area contributed by atoms with Gasteiger partial charge in [-0.05, 0) is 26.2 Å². The van der Waals surface area contributed by atoms with E-state index in [1.165, 1.54) is 32.7 Å². The van der Waals surface area contributed by atoms with Gasteiger partial charge in [0.25, 0.3) is 11.8 Å². The number of thiazole rings is 1. The highest BCUT2D eigenvalue weighted by atomic mass is 32.1. The second-order valence-electron chi connectivity index (χ2n) is 5.97. The van der Waals surface area contributed by atoms with Crippen LogP contribution in [0.1, 0.15) is 20.8 Å². The molecule has 0 aliphatic carbocycles. The van der Waals surface area contributed by atoms with Crippen molar-refractivity contribution in [2.45, 2.75) is 0 Å². The first-order valence-corrected chi connectivity index (χ1v) is 9.27. The van der Waals surface area contributed by atoms with E-state index in [1.807, 2.05) is 19.0 Å². The van der Waals surface area contributed by atoms with Crippen LogP contribution in [-0.2, 0) is 0 Å². The van der Waals surface area contributed by atoms with Gasteiger partial charge in [0.2, 0.25) is 5.75 Å². The lowest BCUT2D eigenvalue weighted by atomic mass is 10.1. The van der Waals surface area contributed by atoms with Gasteiger partial charge in [-0.2, -0.15) is 0 Å². The minimum atomic E-state index is -0.409. The molecule has 0 saturated carbocycles. The van der Waals surface area contributed by atoms with Crippen molar-refractivity contribution in [3.63, 3.8) is 0 Å². The van der Waals surface area contributed by atoms with Gasteiger partial charge in [-0.15, -0.1) is 11.3 Å². The standard InChI is InChI=1S/C18H24N4O5S/c1-22(2)7-6-19-17(24)12-10-28-18(20-12)21-16(23)11-8-13(25-3)15(27-5)14(9-11)26-4/h8-10H,6-7H2,1-5H3,(H,19,24)(H,20,21,23). The Morgan fingerprint density at radius 2 is 1.71 bits per heavy atom. The fourth-order valence-electron chi connectivity index (χ4n) is 2.30. The van der Waals surface area contributed by atoms with Gasteiger partial charge in [-0.3, -0.25) is 14.9 Å². The summed E-state index contributed by atoms with van der Waals surface area (Å²) in [6, 6.07) is 3.08. The molecule has 2 aromatic rings. The summed E-state index contributed by atoms with van der Waals surface area (Å²) in [4.78, 5) is 30.8. The SMILES string of the molecule is COc1cc(C(=O)Nc2nc(C(=O)NCCN(C)C)cs2)cc(OC)c1OC. The van der Waals surface area contributed by atoms with Crippen molar-refractivity contribution in [3.8, 4) is 17.2 Å². The Morgan fingerprint density at radius 3 is 2.25 bits per heavy atom. The summed E-state index contributed by atoms with van der Waals surface area (Å²) in [5, 5.41) is 7.36. The Morgan fingerprint density at radius 1 is 1.07 bits per heavy atom. The highest BCUT2D eigenvalue weighted by Gasteiger charge is 2.18. The molecule has 0 unspecified atom stereocenters. The predicted molar refractivity (Wildman–Crippen MR) is 107 cm³/mol. The Bertz CT molecular complexity index is 812. The molecule has 10 heteroatoms. The van der Waals surface area contributed by atoms with E-state index in [0.29, 0.717) is 34.5 Å². The summed E-state index contributed by atoms with van der Waals surface area (Å²) in [5.41, 5.74) is 0.561. The van der Waals surface area contributed by atoms with Crippen molar-refractivity contribution in [2.24, 2.45) is 0 Å². The summed E-state index contributed by atoms with van der Waals surface area (Å²) in [5.74, 6) is 0.436. The monoisotopic (exact) mass is 408 g/mol. The number of aromatic nitrogens is 1. The Labute approximate surface area is 167 Å². The molecule has 2 rings (SSSR count). The first-order valence-electron chi connectivity index (χ1n) is 8.39. The molecule has 0 aliphatic rings. The van der Waals surface area contributed by atoms with Gasteiger partial charge in [0.05, 0.1) is 21.3 Å². The van der Waals surface area contributed by atoms with Crippen LogP contribution in [0.5, 0.6) is 17.2 Å². The van der Waals surface area contributed by atoms with Gasteiger partial charge in [0.15, 0.2) is 16.6 Å². The lowest BCUT2D eigenvalue weighted by molar-refractivity contribution is 0.0945. The minimum absolute atomic E-state index is 0.254. The van der Waals surface area contributed by atoms with Gasteiger partial charge in [0.1, 0.15) is 5.69 Å². The van der Waals surface area contributed by atoms with E-state index in [0.717, 1.165) is 6.54 Å². The third-order valence-electron chi connectivity index (χ3n) is 3.73. The zero-order valence-electron chi connectivity index (χ0n) is 16.5. The third-order valence-corrected chi connectivity index (χ3v) is 4.49. The molecule has 0 spiro atoms. The molecule has 0 radical (unpaired) electrons. The Hall–Kier alpha value is -2.85. The molecule has 28 heavy (non-hydrogen) atoms. The summed E-state index contributed by atoms with van der Waals surface area (Å²) in [6.07, 6.45) is 0. The number of anilines is 1. The zero-order valence-corrected chi connectivity index (χ0v) is 17.3. The average molecular weight is 408 g/mol. The van der Waals surface area contributed by atoms with E-state index in [-0.39, 0.29) is 11.6 Å². The lowest BCUT2D eigenvalue weighted by Crippen LogP contribution is -2.31. The molecule has 9 nitrogen and oxygen atoms in total. The Kier molecular flexibility index (Phi) is 7.59. The minimum Gasteiger partial charge on any atom is -0.493 e. The fraction of sp³-hybridized carbons (Fsp3) is 0.389. The van der Waals surface area contributed by atoms with Crippen LogP contribution in [0.3, 0.4) is 0 Å². The molecule has 0 aliphatic heterocycles. The summed E-state index contributed by atoms with van der Waals surface area (Å²) < 4.78 is 15.8. The van der Waals surface area contributed by atoms with E-state index < -0.39 is 5.91 Å². The lowest BCUT2D eigenvalue weighted by Gasteiger charge is -2.13. The van der Waals surface area contributed by atoms with Gasteiger partial charge >= 0.3 is 0 Å². The number of hydrogen-bond donors (Lipinski definition) is 2. The summed E-state index contributed by atoms with van der Waals surface area (Å²) in [7, 11) is 8.28. The molecule has 1 heterocycles. The van der Waals surface area contributed by atoms with Crippen LogP contribution in [-0.4, -0.2) is 70.2 Å². The number of nitrogens with zero attached hydrogens (tertiary/aromatic N) is 2. The van der Waals surface area contributed by atoms with Gasteiger partial charge < -0.3 is 24.4 Å². The second kappa shape index (κ2) is 9.90. The summed E-state index contributed by atoms with van der Waals surface area (Å²) >= 11 is 1.17. The van der Waals surface area contributed by atoms with E-state index in [9.17, 15) is 9.59 Å². The predicted octanol–water partition coefficient (Wildman–Crippen LogP) is 1.71. The first-order chi connectivity index (χ1) is 13.4. The van der Waals surface area contributed by atoms with E-state index in [4.69, 9.17) is 14.2 Å². The van der Waals surface area contributed by atoms with Crippen LogP contribution < -0.4 is 24.8 Å². The van der Waals surface area contributed by atoms with E-state index >= 15 is 0 Å². The number of hydrogen-bond acceptors (Lipinski definition) is 8. The maximum absolute atomic E-state index is 12.6. The molecule has 0 atom stereocenters. The van der Waals surface area contributed by atoms with Crippen LogP contribution in [0.4, 0.5) is 5.13 Å². The van der Waals surface area contributed by atoms with Crippen molar-refractivity contribution < 1.29 is 23.8 Å². The number of amides is 2. The van der Waals surface area contributed by atoms with Crippen LogP contribution in [0, 0.1) is 0 Å².